The van der Waals surface area contributed by atoms with E-state index in [-0.39, 0.29) is 24.0 Å². The molecule has 4 heteroatoms. The second-order valence-electron chi connectivity index (χ2n) is 6.76. The zero-order chi connectivity index (χ0) is 13.6. The van der Waals surface area contributed by atoms with Crippen molar-refractivity contribution >= 4 is 0 Å². The van der Waals surface area contributed by atoms with E-state index in [0.717, 1.165) is 18.7 Å². The highest BCUT2D eigenvalue weighted by Crippen LogP contribution is 2.54. The van der Waals surface area contributed by atoms with E-state index < -0.39 is 0 Å². The molecule has 104 valence electrons. The van der Waals surface area contributed by atoms with Crippen molar-refractivity contribution in [1.29, 1.82) is 0 Å². The smallest absolute Gasteiger partial charge is 0.0761 e. The van der Waals surface area contributed by atoms with E-state index in [1.54, 1.807) is 6.20 Å². The van der Waals surface area contributed by atoms with Crippen LogP contribution in [0.4, 0.5) is 0 Å². The number of allylic oxidation sites excluding steroid dienone is 1. The zero-order valence-corrected chi connectivity index (χ0v) is 11.9. The van der Waals surface area contributed by atoms with Crippen LogP contribution in [-0.4, -0.2) is 33.4 Å². The normalized spacial score (nSPS) is 30.6. The lowest BCUT2D eigenvalue weighted by Gasteiger charge is -2.32. The molecule has 1 aromatic rings. The minimum absolute atomic E-state index is 0.163. The first-order chi connectivity index (χ1) is 9.04. The number of nitrogens with zero attached hydrogens (tertiary/aromatic N) is 2. The third-order valence-corrected chi connectivity index (χ3v) is 4.53. The number of hydrogen-bond acceptors (Lipinski definition) is 3. The molecule has 0 aliphatic carbocycles. The molecule has 0 bridgehead atoms. The summed E-state index contributed by atoms with van der Waals surface area (Å²) < 4.78 is 0. The lowest BCUT2D eigenvalue weighted by atomic mass is 9.71. The molecule has 0 radical (unpaired) electrons. The molecule has 0 amide bonds. The number of fused-ring (bicyclic) bond motifs is 1. The van der Waals surface area contributed by atoms with Crippen LogP contribution in [0.15, 0.2) is 24.0 Å². The van der Waals surface area contributed by atoms with Crippen LogP contribution in [0.5, 0.6) is 0 Å². The van der Waals surface area contributed by atoms with Gasteiger partial charge in [-0.2, -0.15) is 5.10 Å². The summed E-state index contributed by atoms with van der Waals surface area (Å²) in [6.07, 6.45) is 5.27. The van der Waals surface area contributed by atoms with Gasteiger partial charge in [0.1, 0.15) is 0 Å². The molecule has 1 fully saturated rings. The van der Waals surface area contributed by atoms with Gasteiger partial charge in [0.25, 0.3) is 0 Å². The molecule has 0 saturated carbocycles. The Hall–Kier alpha value is -1.29. The second-order valence-corrected chi connectivity index (χ2v) is 6.76. The number of aromatic nitrogens is 2. The molecule has 0 aromatic carbocycles. The van der Waals surface area contributed by atoms with E-state index in [4.69, 9.17) is 0 Å². The van der Waals surface area contributed by atoms with Gasteiger partial charge in [-0.05, 0) is 17.9 Å². The molecule has 2 aliphatic heterocycles. The highest BCUT2D eigenvalue weighted by atomic mass is 16.3. The lowest BCUT2D eigenvalue weighted by Crippen LogP contribution is -2.30. The van der Waals surface area contributed by atoms with E-state index in [9.17, 15) is 5.11 Å². The fraction of sp³-hybridized carbons (Fsp3) is 0.667. The maximum Gasteiger partial charge on any atom is 0.0761 e. The number of aliphatic hydroxyl groups excluding tert-OH is 1. The van der Waals surface area contributed by atoms with Gasteiger partial charge < -0.3 is 10.0 Å². The van der Waals surface area contributed by atoms with Gasteiger partial charge in [0.05, 0.1) is 11.7 Å². The summed E-state index contributed by atoms with van der Waals surface area (Å²) in [5.41, 5.74) is 2.71. The number of H-pyrrole nitrogens is 1. The molecule has 3 heterocycles. The van der Waals surface area contributed by atoms with Gasteiger partial charge in [0, 0.05) is 36.9 Å². The average molecular weight is 261 g/mol. The first kappa shape index (κ1) is 12.7. The molecule has 2 aliphatic rings. The molecular formula is C15H23N3O. The van der Waals surface area contributed by atoms with Gasteiger partial charge in [0.2, 0.25) is 0 Å². The number of aromatic amines is 1. The molecular weight excluding hydrogens is 238 g/mol. The standard InChI is InChI=1S/C15H23N3O/c1-15(2,3)13-10(9-19)14(11-6-7-16-17-11)18-8-4-5-12(13)18/h5-7,10,13-14,19H,4,8-9H2,1-3H3,(H,16,17)/t10-,13?,14+/m0/s1. The van der Waals surface area contributed by atoms with Crippen LogP contribution in [0, 0.1) is 17.3 Å². The summed E-state index contributed by atoms with van der Waals surface area (Å²) >= 11 is 0. The van der Waals surface area contributed by atoms with Crippen molar-refractivity contribution in [2.24, 2.45) is 17.3 Å². The molecule has 0 spiro atoms. The summed E-state index contributed by atoms with van der Waals surface area (Å²) in [6.45, 7) is 8.09. The quantitative estimate of drug-likeness (QED) is 0.859. The Balaban J connectivity index is 2.04. The van der Waals surface area contributed by atoms with Crippen LogP contribution in [0.3, 0.4) is 0 Å². The average Bonchev–Trinajstić information content (AvgIpc) is 3.01. The highest BCUT2D eigenvalue weighted by molar-refractivity contribution is 5.27. The van der Waals surface area contributed by atoms with Crippen LogP contribution in [0.25, 0.3) is 0 Å². The highest BCUT2D eigenvalue weighted by Gasteiger charge is 2.51. The molecule has 2 N–H and O–H groups in total. The number of rotatable bonds is 2. The number of aliphatic hydroxyl groups is 1. The van der Waals surface area contributed by atoms with E-state index in [1.165, 1.54) is 5.70 Å². The van der Waals surface area contributed by atoms with Gasteiger partial charge in [0.15, 0.2) is 0 Å². The Morgan fingerprint density at radius 1 is 1.47 bits per heavy atom. The Morgan fingerprint density at radius 3 is 2.84 bits per heavy atom. The first-order valence-corrected chi connectivity index (χ1v) is 7.11. The van der Waals surface area contributed by atoms with E-state index >= 15 is 0 Å². The van der Waals surface area contributed by atoms with Gasteiger partial charge >= 0.3 is 0 Å². The van der Waals surface area contributed by atoms with E-state index in [0.29, 0.717) is 5.92 Å². The SMILES string of the molecule is CC(C)(C)C1C2=CCCN2[C@@H](c2ccn[nH]2)[C@H]1CO. The molecule has 3 atom stereocenters. The predicted octanol–water partition coefficient (Wildman–Crippen LogP) is 2.32. The monoisotopic (exact) mass is 261 g/mol. The van der Waals surface area contributed by atoms with Crippen LogP contribution >= 0.6 is 0 Å². The number of nitrogens with one attached hydrogen (secondary N) is 1. The topological polar surface area (TPSA) is 52.2 Å². The maximum absolute atomic E-state index is 9.94. The van der Waals surface area contributed by atoms with Crippen molar-refractivity contribution < 1.29 is 5.11 Å². The minimum Gasteiger partial charge on any atom is -0.396 e. The maximum atomic E-state index is 9.94. The van der Waals surface area contributed by atoms with Crippen molar-refractivity contribution in [3.8, 4) is 0 Å². The third kappa shape index (κ3) is 1.89. The molecule has 1 unspecified atom stereocenters. The Morgan fingerprint density at radius 2 is 2.26 bits per heavy atom. The summed E-state index contributed by atoms with van der Waals surface area (Å²) in [5, 5.41) is 17.1. The number of hydrogen-bond donors (Lipinski definition) is 2. The van der Waals surface area contributed by atoms with Crippen molar-refractivity contribution in [1.82, 2.24) is 15.1 Å². The Bertz CT molecular complexity index is 472. The second kappa shape index (κ2) is 4.37. The molecule has 4 nitrogen and oxygen atoms in total. The minimum atomic E-state index is 0.163. The van der Waals surface area contributed by atoms with Crippen LogP contribution in [0.1, 0.15) is 38.9 Å². The van der Waals surface area contributed by atoms with Gasteiger partial charge in [-0.25, -0.2) is 0 Å². The Kier molecular flexibility index (Phi) is 2.93. The molecule has 1 aromatic heterocycles. The fourth-order valence-corrected chi connectivity index (χ4v) is 3.96. The van der Waals surface area contributed by atoms with Gasteiger partial charge in [-0.15, -0.1) is 0 Å². The fourth-order valence-electron chi connectivity index (χ4n) is 3.96. The Labute approximate surface area is 114 Å². The first-order valence-electron chi connectivity index (χ1n) is 7.11. The summed E-state index contributed by atoms with van der Waals surface area (Å²) in [7, 11) is 0. The van der Waals surface area contributed by atoms with Crippen molar-refractivity contribution in [3.63, 3.8) is 0 Å². The predicted molar refractivity (Wildman–Crippen MR) is 74.3 cm³/mol. The molecule has 3 rings (SSSR count). The lowest BCUT2D eigenvalue weighted by molar-refractivity contribution is 0.116. The van der Waals surface area contributed by atoms with Crippen LogP contribution < -0.4 is 0 Å². The molecule has 1 saturated heterocycles. The van der Waals surface area contributed by atoms with E-state index in [2.05, 4.69) is 41.9 Å². The van der Waals surface area contributed by atoms with Crippen LogP contribution in [0.2, 0.25) is 0 Å². The largest absolute Gasteiger partial charge is 0.396 e. The summed E-state index contributed by atoms with van der Waals surface area (Å²) in [4.78, 5) is 2.46. The van der Waals surface area contributed by atoms with Crippen LogP contribution in [-0.2, 0) is 0 Å². The summed E-state index contributed by atoms with van der Waals surface area (Å²) in [5.74, 6) is 0.653. The van der Waals surface area contributed by atoms with E-state index in [1.807, 2.05) is 6.07 Å². The van der Waals surface area contributed by atoms with Crippen molar-refractivity contribution in [2.45, 2.75) is 33.2 Å². The van der Waals surface area contributed by atoms with Crippen molar-refractivity contribution in [2.75, 3.05) is 13.2 Å². The third-order valence-electron chi connectivity index (χ3n) is 4.53. The van der Waals surface area contributed by atoms with Crippen molar-refractivity contribution in [3.05, 3.63) is 29.7 Å². The zero-order valence-electron chi connectivity index (χ0n) is 11.9. The van der Waals surface area contributed by atoms with Gasteiger partial charge in [-0.3, -0.25) is 5.10 Å². The molecule has 19 heavy (non-hydrogen) atoms. The van der Waals surface area contributed by atoms with Gasteiger partial charge in [-0.1, -0.05) is 26.8 Å². The summed E-state index contributed by atoms with van der Waals surface area (Å²) in [6, 6.07) is 2.28.